The summed E-state index contributed by atoms with van der Waals surface area (Å²) >= 11 is 0. The Balaban J connectivity index is 1.59. The maximum Gasteiger partial charge on any atom is 0.243 e. The zero-order chi connectivity index (χ0) is 21.3. The highest BCUT2D eigenvalue weighted by Crippen LogP contribution is 2.32. The van der Waals surface area contributed by atoms with Gasteiger partial charge in [0.2, 0.25) is 10.0 Å². The lowest BCUT2D eigenvalue weighted by atomic mass is 10.0. The monoisotopic (exact) mass is 423 g/mol. The third-order valence-corrected chi connectivity index (χ3v) is 7.68. The first-order valence-electron chi connectivity index (χ1n) is 10.6. The number of benzene rings is 1. The average molecular weight is 424 g/mol. The first-order valence-corrected chi connectivity index (χ1v) is 12.1. The molecule has 0 amide bonds. The van der Waals surface area contributed by atoms with E-state index in [1.54, 1.807) is 16.4 Å². The molecule has 3 aromatic rings. The summed E-state index contributed by atoms with van der Waals surface area (Å²) in [5.41, 5.74) is 4.51. The first kappa shape index (κ1) is 20.8. The molecule has 0 saturated heterocycles. The molecule has 0 bridgehead atoms. The van der Waals surface area contributed by atoms with Crippen LogP contribution < -0.4 is 0 Å². The zero-order valence-corrected chi connectivity index (χ0v) is 18.7. The van der Waals surface area contributed by atoms with Crippen molar-refractivity contribution in [3.05, 3.63) is 66.0 Å². The summed E-state index contributed by atoms with van der Waals surface area (Å²) < 4.78 is 30.0. The van der Waals surface area contributed by atoms with Crippen LogP contribution in [-0.4, -0.2) is 35.4 Å². The van der Waals surface area contributed by atoms with E-state index >= 15 is 0 Å². The Morgan fingerprint density at radius 1 is 1.13 bits per heavy atom. The van der Waals surface area contributed by atoms with Crippen LogP contribution in [-0.2, 0) is 16.6 Å². The van der Waals surface area contributed by atoms with Crippen molar-refractivity contribution in [2.75, 3.05) is 13.1 Å². The highest BCUT2D eigenvalue weighted by molar-refractivity contribution is 7.89. The van der Waals surface area contributed by atoms with E-state index in [9.17, 15) is 8.42 Å². The van der Waals surface area contributed by atoms with E-state index in [1.807, 2.05) is 24.4 Å². The van der Waals surface area contributed by atoms with Crippen LogP contribution in [0.4, 0.5) is 0 Å². The van der Waals surface area contributed by atoms with Crippen LogP contribution in [0.25, 0.3) is 16.6 Å². The quantitative estimate of drug-likeness (QED) is 0.558. The molecule has 3 heterocycles. The van der Waals surface area contributed by atoms with Gasteiger partial charge in [-0.15, -0.1) is 0 Å². The summed E-state index contributed by atoms with van der Waals surface area (Å²) in [6, 6.07) is 11.4. The van der Waals surface area contributed by atoms with E-state index in [4.69, 9.17) is 0 Å². The number of hydrogen-bond donors (Lipinski definition) is 0. The van der Waals surface area contributed by atoms with Gasteiger partial charge < -0.3 is 4.57 Å². The molecule has 1 aromatic carbocycles. The topological polar surface area (TPSA) is 55.2 Å². The maximum absolute atomic E-state index is 13.1. The van der Waals surface area contributed by atoms with Crippen LogP contribution in [0, 0.1) is 0 Å². The van der Waals surface area contributed by atoms with Crippen LogP contribution in [0.1, 0.15) is 50.7 Å². The molecule has 30 heavy (non-hydrogen) atoms. The zero-order valence-electron chi connectivity index (χ0n) is 17.9. The second kappa shape index (κ2) is 8.36. The van der Waals surface area contributed by atoms with Gasteiger partial charge in [0.1, 0.15) is 5.65 Å². The van der Waals surface area contributed by atoms with Crippen molar-refractivity contribution in [2.24, 2.45) is 0 Å². The predicted molar refractivity (Wildman–Crippen MR) is 122 cm³/mol. The fraction of sp³-hybridized carbons (Fsp3) is 0.375. The molecule has 0 fully saturated rings. The third-order valence-electron chi connectivity index (χ3n) is 5.80. The molecular formula is C24H29N3O2S. The Morgan fingerprint density at radius 2 is 1.90 bits per heavy atom. The molecule has 0 aliphatic carbocycles. The largest absolute Gasteiger partial charge is 0.332 e. The molecule has 2 aromatic heterocycles. The van der Waals surface area contributed by atoms with Crippen molar-refractivity contribution in [2.45, 2.75) is 51.0 Å². The highest BCUT2D eigenvalue weighted by atomic mass is 32.2. The Morgan fingerprint density at radius 3 is 2.53 bits per heavy atom. The molecule has 158 valence electrons. The van der Waals surface area contributed by atoms with Crippen LogP contribution in [0.15, 0.2) is 59.8 Å². The Bertz CT molecular complexity index is 1170. The van der Waals surface area contributed by atoms with E-state index < -0.39 is 10.0 Å². The number of aromatic nitrogens is 2. The second-order valence-corrected chi connectivity index (χ2v) is 10.1. The van der Waals surface area contributed by atoms with Gasteiger partial charge in [0.05, 0.1) is 4.90 Å². The van der Waals surface area contributed by atoms with Gasteiger partial charge in [-0.3, -0.25) is 0 Å². The fourth-order valence-corrected chi connectivity index (χ4v) is 5.46. The van der Waals surface area contributed by atoms with Gasteiger partial charge in [0.15, 0.2) is 0 Å². The number of fused-ring (bicyclic) bond motifs is 1. The minimum Gasteiger partial charge on any atom is -0.332 e. The SMILES string of the molecule is CCCn1cc(C2=CCN(S(=O)(=O)c3ccc(C(C)C)cc3)CC2)c2cccnc21. The third kappa shape index (κ3) is 3.82. The summed E-state index contributed by atoms with van der Waals surface area (Å²) in [5, 5.41) is 1.14. The van der Waals surface area contributed by atoms with Gasteiger partial charge in [0, 0.05) is 43.0 Å². The van der Waals surface area contributed by atoms with E-state index in [1.165, 1.54) is 11.1 Å². The number of sulfonamides is 1. The first-order chi connectivity index (χ1) is 14.4. The lowest BCUT2D eigenvalue weighted by Crippen LogP contribution is -2.34. The summed E-state index contributed by atoms with van der Waals surface area (Å²) in [6.07, 6.45) is 7.79. The molecule has 4 rings (SSSR count). The molecule has 1 aliphatic heterocycles. The standard InChI is InChI=1S/C24H29N3O2S/c1-4-14-26-17-23(22-6-5-13-25-24(22)26)20-11-15-27(16-12-20)30(28,29)21-9-7-19(8-10-21)18(2)3/h5-11,13,17-18H,4,12,14-16H2,1-3H3. The number of nitrogens with zero attached hydrogens (tertiary/aromatic N) is 3. The number of aryl methyl sites for hydroxylation is 1. The number of hydrogen-bond acceptors (Lipinski definition) is 3. The van der Waals surface area contributed by atoms with E-state index in [2.05, 4.69) is 48.7 Å². The van der Waals surface area contributed by atoms with Crippen LogP contribution in [0.5, 0.6) is 0 Å². The van der Waals surface area contributed by atoms with Gasteiger partial charge in [-0.05, 0) is 54.2 Å². The van der Waals surface area contributed by atoms with Crippen molar-refractivity contribution in [1.29, 1.82) is 0 Å². The molecule has 1 aliphatic rings. The van der Waals surface area contributed by atoms with E-state index in [0.29, 0.717) is 30.3 Å². The van der Waals surface area contributed by atoms with Crippen molar-refractivity contribution in [3.63, 3.8) is 0 Å². The molecule has 0 N–H and O–H groups in total. The second-order valence-electron chi connectivity index (χ2n) is 8.18. The Labute approximate surface area is 179 Å². The number of pyridine rings is 1. The van der Waals surface area contributed by atoms with Gasteiger partial charge in [-0.1, -0.05) is 39.0 Å². The predicted octanol–water partition coefficient (Wildman–Crippen LogP) is 5.05. The average Bonchev–Trinajstić information content (AvgIpc) is 3.13. The molecular weight excluding hydrogens is 394 g/mol. The molecule has 0 spiro atoms. The highest BCUT2D eigenvalue weighted by Gasteiger charge is 2.27. The van der Waals surface area contributed by atoms with Crippen molar-refractivity contribution in [1.82, 2.24) is 13.9 Å². The van der Waals surface area contributed by atoms with E-state index in [0.717, 1.165) is 29.6 Å². The molecule has 0 atom stereocenters. The molecule has 0 unspecified atom stereocenters. The molecule has 6 heteroatoms. The fourth-order valence-electron chi connectivity index (χ4n) is 4.08. The van der Waals surface area contributed by atoms with Crippen molar-refractivity contribution < 1.29 is 8.42 Å². The minimum atomic E-state index is -3.48. The number of rotatable bonds is 6. The normalized spacial score (nSPS) is 15.7. The van der Waals surface area contributed by atoms with Gasteiger partial charge in [0.25, 0.3) is 0 Å². The Kier molecular flexibility index (Phi) is 5.80. The Hall–Kier alpha value is -2.44. The lowest BCUT2D eigenvalue weighted by molar-refractivity contribution is 0.441. The van der Waals surface area contributed by atoms with Crippen LogP contribution in [0.3, 0.4) is 0 Å². The van der Waals surface area contributed by atoms with E-state index in [-0.39, 0.29) is 0 Å². The van der Waals surface area contributed by atoms with Crippen molar-refractivity contribution >= 4 is 26.6 Å². The molecule has 5 nitrogen and oxygen atoms in total. The summed E-state index contributed by atoms with van der Waals surface area (Å²) in [7, 11) is -3.48. The maximum atomic E-state index is 13.1. The minimum absolute atomic E-state index is 0.368. The smallest absolute Gasteiger partial charge is 0.243 e. The summed E-state index contributed by atoms with van der Waals surface area (Å²) in [5.74, 6) is 0.381. The summed E-state index contributed by atoms with van der Waals surface area (Å²) in [6.45, 7) is 8.17. The molecule has 0 radical (unpaired) electrons. The van der Waals surface area contributed by atoms with Crippen LogP contribution in [0.2, 0.25) is 0 Å². The summed E-state index contributed by atoms with van der Waals surface area (Å²) in [4.78, 5) is 4.93. The van der Waals surface area contributed by atoms with Gasteiger partial charge in [-0.2, -0.15) is 4.31 Å². The lowest BCUT2D eigenvalue weighted by Gasteiger charge is -2.26. The van der Waals surface area contributed by atoms with Crippen molar-refractivity contribution in [3.8, 4) is 0 Å². The van der Waals surface area contributed by atoms with Gasteiger partial charge in [-0.25, -0.2) is 13.4 Å². The van der Waals surface area contributed by atoms with Gasteiger partial charge >= 0.3 is 0 Å². The molecule has 0 saturated carbocycles. The van der Waals surface area contributed by atoms with Crippen LogP contribution >= 0.6 is 0 Å².